The van der Waals surface area contributed by atoms with Crippen molar-refractivity contribution in [2.45, 2.75) is 72.1 Å². The van der Waals surface area contributed by atoms with Gasteiger partial charge in [0.15, 0.2) is 17.0 Å². The van der Waals surface area contributed by atoms with Gasteiger partial charge in [0.2, 0.25) is 5.82 Å². The number of fused-ring (bicyclic) bond motifs is 2. The van der Waals surface area contributed by atoms with Crippen molar-refractivity contribution < 1.29 is 28.0 Å². The van der Waals surface area contributed by atoms with Crippen LogP contribution in [0.15, 0.2) is 140 Å². The first kappa shape index (κ1) is 61.7. The number of hydrogen-bond donors (Lipinski definition) is 3. The predicted octanol–water partition coefficient (Wildman–Crippen LogP) is 11.6. The minimum Gasteiger partial charge on any atom is -0.352 e. The predicted molar refractivity (Wildman–Crippen MR) is 340 cm³/mol. The van der Waals surface area contributed by atoms with Crippen LogP contribution in [0, 0.1) is 72.5 Å². The zero-order chi connectivity index (χ0) is 63.9. The highest BCUT2D eigenvalue weighted by Crippen LogP contribution is 2.34. The molecule has 1 aliphatic rings. The second-order valence-electron chi connectivity index (χ2n) is 21.9. The molecule has 4 aromatic carbocycles. The molecule has 1 fully saturated rings. The zero-order valence-electron chi connectivity index (χ0n) is 49.7. The molecule has 4 amide bonds. The van der Waals surface area contributed by atoms with Gasteiger partial charge in [0.25, 0.3) is 23.6 Å². The number of nitrogens with zero attached hydrogens (tertiary/aromatic N) is 11. The van der Waals surface area contributed by atoms with Crippen LogP contribution in [0.25, 0.3) is 16.1 Å². The Morgan fingerprint density at radius 2 is 1.24 bits per heavy atom. The van der Waals surface area contributed by atoms with Crippen molar-refractivity contribution >= 4 is 63.8 Å². The van der Waals surface area contributed by atoms with Gasteiger partial charge in [-0.25, -0.2) is 23.4 Å². The molecule has 1 aliphatic heterocycles. The summed E-state index contributed by atoms with van der Waals surface area (Å²) in [4.78, 5) is 70.6. The fourth-order valence-electron chi connectivity index (χ4n) is 10.9. The lowest BCUT2D eigenvalue weighted by Crippen LogP contribution is -2.39. The number of nitrogens with one attached hydrogen (secondary N) is 3. The van der Waals surface area contributed by atoms with Gasteiger partial charge in [-0.2, -0.15) is 19.8 Å². The lowest BCUT2D eigenvalue weighted by molar-refractivity contribution is 0.0682. The molecule has 10 aromatic rings. The quantitative estimate of drug-likeness (QED) is 0.0698. The Balaban J connectivity index is 0.763. The van der Waals surface area contributed by atoms with Gasteiger partial charge in [-0.15, -0.1) is 0 Å². The summed E-state index contributed by atoms with van der Waals surface area (Å²) in [7, 11) is 0. The Morgan fingerprint density at radius 1 is 0.659 bits per heavy atom. The van der Waals surface area contributed by atoms with Crippen LogP contribution in [0.3, 0.4) is 0 Å². The summed E-state index contributed by atoms with van der Waals surface area (Å²) in [6, 6.07) is 34.5. The second kappa shape index (κ2) is 27.2. The van der Waals surface area contributed by atoms with Crippen molar-refractivity contribution in [3.8, 4) is 35.8 Å². The molecule has 3 N–H and O–H groups in total. The molecule has 22 heteroatoms. The number of nitriles is 1. The van der Waals surface area contributed by atoms with Gasteiger partial charge in [-0.3, -0.25) is 19.2 Å². The molecule has 18 nitrogen and oxygen atoms in total. The molecule has 2 atom stereocenters. The lowest BCUT2D eigenvalue weighted by atomic mass is 9.95. The van der Waals surface area contributed by atoms with Crippen molar-refractivity contribution in [3.05, 3.63) is 245 Å². The van der Waals surface area contributed by atoms with Gasteiger partial charge >= 0.3 is 11.8 Å². The third kappa shape index (κ3) is 13.6. The van der Waals surface area contributed by atoms with E-state index in [-0.39, 0.29) is 81.3 Å². The number of carbonyl (C=O) groups is 4. The number of halogens is 4. The Kier molecular flexibility index (Phi) is 18.5. The average Bonchev–Trinajstić information content (AvgIpc) is 2.16. The number of hydrogen-bond acceptors (Lipinski definition) is 9. The van der Waals surface area contributed by atoms with E-state index in [9.17, 15) is 24.4 Å². The fraction of sp³-hybridized carbons (Fsp3) is 0.217. The van der Waals surface area contributed by atoms with Gasteiger partial charge < -0.3 is 30.0 Å². The third-order valence-electron chi connectivity index (χ3n) is 15.9. The van der Waals surface area contributed by atoms with E-state index in [1.807, 2.05) is 38.1 Å². The van der Waals surface area contributed by atoms with E-state index in [1.165, 1.54) is 41.0 Å². The van der Waals surface area contributed by atoms with Crippen molar-refractivity contribution in [2.75, 3.05) is 19.6 Å². The molecule has 0 spiro atoms. The maximum atomic E-state index is 16.8. The third-order valence-corrected chi connectivity index (χ3v) is 16.5. The van der Waals surface area contributed by atoms with Crippen molar-refractivity contribution in [2.24, 2.45) is 5.92 Å². The number of likely N-dealkylation sites (tertiary alicyclic amines) is 1. The molecule has 91 heavy (non-hydrogen) atoms. The van der Waals surface area contributed by atoms with Gasteiger partial charge in [-0.05, 0) is 172 Å². The Bertz CT molecular complexity index is 4750. The first-order valence-corrected chi connectivity index (χ1v) is 30.0. The number of piperidine rings is 1. The summed E-state index contributed by atoms with van der Waals surface area (Å²) >= 11 is 13.1. The minimum atomic E-state index is -1.01. The van der Waals surface area contributed by atoms with Gasteiger partial charge in [-0.1, -0.05) is 53.2 Å². The van der Waals surface area contributed by atoms with Crippen LogP contribution in [0.5, 0.6) is 0 Å². The Hall–Kier alpha value is -10.9. The molecule has 6 aromatic heterocycles. The summed E-state index contributed by atoms with van der Waals surface area (Å²) < 4.78 is 38.4. The van der Waals surface area contributed by atoms with Crippen molar-refractivity contribution in [1.82, 2.24) is 59.2 Å². The van der Waals surface area contributed by atoms with Gasteiger partial charge in [0.1, 0.15) is 40.4 Å². The van der Waals surface area contributed by atoms with Crippen LogP contribution in [-0.2, 0) is 13.1 Å². The molecule has 2 unspecified atom stereocenters. The maximum absolute atomic E-state index is 16.8. The van der Waals surface area contributed by atoms with E-state index < -0.39 is 35.5 Å². The standard InChI is InChI=1S/C69H56Cl2F2N14O4/c1-42-13-15-49(35-47(42)17-19-53-39-77-61-11-6-30-79-86(53)61)66(88)75-29-8-32-84-51(37-74)21-25-59(84)67(89)82-45(4)64-56(71)23-24-58(65(64)73)76-38-52-22-26-60(68(90)81-44(3)63-55(70)9-5-10-57(63)72)85(52)41-46-27-33-83(34-28-46)69(91)50-16-14-43(2)48(36-50)18-20-54-40-78-62-12-7-31-80-87(54)62/h5-7,9-16,21-26,30-31,35-36,39-40,44-46H,8,27-29,32-34,41H2,1-4H3,(H2-,75,81,82,88,89,90)/p+1. The van der Waals surface area contributed by atoms with Gasteiger partial charge in [0.05, 0.1) is 24.5 Å². The normalized spacial score (nSPS) is 12.8. The average molecular weight is 1260 g/mol. The first-order valence-electron chi connectivity index (χ1n) is 29.2. The van der Waals surface area contributed by atoms with Crippen molar-refractivity contribution in [1.29, 1.82) is 5.26 Å². The van der Waals surface area contributed by atoms with E-state index in [2.05, 4.69) is 76.8 Å². The Labute approximate surface area is 532 Å². The van der Waals surface area contributed by atoms with Crippen LogP contribution < -0.4 is 16.0 Å². The topological polar surface area (TPSA) is 206 Å². The van der Waals surface area contributed by atoms with E-state index in [1.54, 1.807) is 112 Å². The molecule has 0 bridgehead atoms. The van der Waals surface area contributed by atoms with Crippen LogP contribution >= 0.6 is 23.2 Å². The Morgan fingerprint density at radius 3 is 1.87 bits per heavy atom. The summed E-state index contributed by atoms with van der Waals surface area (Å²) in [5.74, 6) is 9.46. The highest BCUT2D eigenvalue weighted by Gasteiger charge is 2.30. The molecule has 11 rings (SSSR count). The number of aromatic nitrogens is 8. The highest BCUT2D eigenvalue weighted by molar-refractivity contribution is 6.31. The van der Waals surface area contributed by atoms with E-state index in [0.717, 1.165) is 11.1 Å². The number of carbonyl (C=O) groups excluding carboxylic acids is 4. The van der Waals surface area contributed by atoms with Crippen LogP contribution in [0.1, 0.15) is 143 Å². The smallest absolute Gasteiger partial charge is 0.352 e. The number of imidazole rings is 2. The summed E-state index contributed by atoms with van der Waals surface area (Å²) in [5.41, 5.74) is 7.31. The van der Waals surface area contributed by atoms with Crippen LogP contribution in [0.2, 0.25) is 10.0 Å². The molecular weight excluding hydrogens is 1200 g/mol. The number of amides is 4. The SMILES string of the molecule is Cc1ccc(C(=O)NCCCn2c(C#N)ccc2C(=O)NC(C)c2c(Cl)ccc([N+]#Cc3ccc(C(=O)NC(C)c4c(F)cccc4Cl)n3CC3CCN(C(=O)c4ccc(C)c(C#Cc5cnc6cccnn56)c4)CC3)c2F)cc1C#Cc1cnc2cccnn12. The first-order chi connectivity index (χ1) is 44.0. The summed E-state index contributed by atoms with van der Waals surface area (Å²) in [6.45, 7) is 8.53. The maximum Gasteiger partial charge on any atom is 0.376 e. The van der Waals surface area contributed by atoms with Crippen molar-refractivity contribution in [3.63, 3.8) is 0 Å². The molecule has 1 saturated heterocycles. The summed E-state index contributed by atoms with van der Waals surface area (Å²) in [6.07, 6.45) is 8.08. The zero-order valence-corrected chi connectivity index (χ0v) is 51.2. The number of benzene rings is 4. The van der Waals surface area contributed by atoms with E-state index in [4.69, 9.17) is 23.2 Å². The van der Waals surface area contributed by atoms with Gasteiger partial charge in [0, 0.05) is 94.6 Å². The number of rotatable bonds is 14. The molecular formula is C69H57Cl2F2N14O4+. The van der Waals surface area contributed by atoms with Crippen LogP contribution in [0.4, 0.5) is 14.5 Å². The number of aryl methyl sites for hydroxylation is 2. The molecule has 0 radical (unpaired) electrons. The van der Waals surface area contributed by atoms with E-state index >= 15 is 8.78 Å². The largest absolute Gasteiger partial charge is 0.376 e. The lowest BCUT2D eigenvalue weighted by Gasteiger charge is -2.32. The van der Waals surface area contributed by atoms with Crippen LogP contribution in [-0.4, -0.2) is 86.5 Å². The monoisotopic (exact) mass is 1250 g/mol. The van der Waals surface area contributed by atoms with E-state index in [0.29, 0.717) is 83.0 Å². The molecule has 454 valence electrons. The molecule has 0 saturated carbocycles. The molecule has 0 aliphatic carbocycles. The fourth-order valence-corrected chi connectivity index (χ4v) is 11.5. The minimum absolute atomic E-state index is 0.00933. The summed E-state index contributed by atoms with van der Waals surface area (Å²) in [5, 5.41) is 27.4. The second-order valence-corrected chi connectivity index (χ2v) is 22.7. The highest BCUT2D eigenvalue weighted by atomic mass is 35.5. The molecule has 7 heterocycles.